The smallest absolute Gasteiger partial charge is 0.328 e. The fourth-order valence-electron chi connectivity index (χ4n) is 4.89. The van der Waals surface area contributed by atoms with E-state index >= 15 is 0 Å². The lowest BCUT2D eigenvalue weighted by Gasteiger charge is -2.23. The second kappa shape index (κ2) is 15.9. The van der Waals surface area contributed by atoms with Crippen LogP contribution in [0, 0.1) is 6.92 Å². The van der Waals surface area contributed by atoms with Gasteiger partial charge in [0.1, 0.15) is 11.8 Å². The molecule has 1 N–H and O–H groups in total. The fraction of sp³-hybridized carbons (Fsp3) is 0.216. The van der Waals surface area contributed by atoms with Crippen molar-refractivity contribution in [2.45, 2.75) is 32.7 Å². The van der Waals surface area contributed by atoms with E-state index in [1.165, 1.54) is 7.11 Å². The van der Waals surface area contributed by atoms with Gasteiger partial charge in [0, 0.05) is 35.5 Å². The zero-order valence-corrected chi connectivity index (χ0v) is 25.4. The summed E-state index contributed by atoms with van der Waals surface area (Å²) in [6.45, 7) is 4.78. The molecule has 0 saturated heterocycles. The van der Waals surface area contributed by atoms with Crippen molar-refractivity contribution in [1.29, 1.82) is 0 Å². The molecule has 0 saturated carbocycles. The Labute approximate surface area is 259 Å². The normalized spacial score (nSPS) is 11.5. The van der Waals surface area contributed by atoms with Gasteiger partial charge in [-0.25, -0.2) is 4.79 Å². The molecule has 0 heterocycles. The molecule has 1 atom stereocenters. The van der Waals surface area contributed by atoms with Crippen LogP contribution in [0.25, 0.3) is 0 Å². The maximum Gasteiger partial charge on any atom is 0.328 e. The van der Waals surface area contributed by atoms with Crippen LogP contribution in [0.15, 0.2) is 115 Å². The van der Waals surface area contributed by atoms with E-state index in [1.54, 1.807) is 47.4 Å². The minimum atomic E-state index is -0.710. The molecule has 0 fully saturated rings. The second-order valence-electron chi connectivity index (χ2n) is 10.3. The minimum absolute atomic E-state index is 0.0630. The van der Waals surface area contributed by atoms with Gasteiger partial charge in [-0.3, -0.25) is 9.59 Å². The lowest BCUT2D eigenvalue weighted by atomic mass is 10.00. The van der Waals surface area contributed by atoms with E-state index in [2.05, 4.69) is 5.32 Å². The number of esters is 1. The zero-order valence-electron chi connectivity index (χ0n) is 25.4. The molecular formula is C37H38N2O5. The number of methoxy groups -OCH3 is 1. The first-order chi connectivity index (χ1) is 21.4. The highest BCUT2D eigenvalue weighted by atomic mass is 16.5. The summed E-state index contributed by atoms with van der Waals surface area (Å²) in [6.07, 6.45) is 4.31. The van der Waals surface area contributed by atoms with E-state index in [0.717, 1.165) is 16.8 Å². The average molecular weight is 591 g/mol. The summed E-state index contributed by atoms with van der Waals surface area (Å²) in [6, 6.07) is 30.8. The van der Waals surface area contributed by atoms with Crippen molar-refractivity contribution in [2.24, 2.45) is 0 Å². The summed E-state index contributed by atoms with van der Waals surface area (Å²) >= 11 is 0. The number of rotatable bonds is 14. The topological polar surface area (TPSA) is 84.9 Å². The number of anilines is 2. The van der Waals surface area contributed by atoms with Crippen molar-refractivity contribution < 1.29 is 23.9 Å². The van der Waals surface area contributed by atoms with Crippen LogP contribution in [0.4, 0.5) is 11.4 Å². The number of nitrogens with one attached hydrogen (secondary N) is 1. The van der Waals surface area contributed by atoms with E-state index in [1.807, 2.05) is 86.6 Å². The third kappa shape index (κ3) is 8.44. The molecule has 4 aromatic carbocycles. The van der Waals surface area contributed by atoms with Crippen molar-refractivity contribution >= 4 is 29.0 Å². The number of para-hydroxylation sites is 2. The quantitative estimate of drug-likeness (QED) is 0.0753. The molecule has 44 heavy (non-hydrogen) atoms. The number of hydrogen-bond acceptors (Lipinski definition) is 6. The first-order valence-corrected chi connectivity index (χ1v) is 14.7. The van der Waals surface area contributed by atoms with E-state index in [-0.39, 0.29) is 11.7 Å². The highest BCUT2D eigenvalue weighted by Crippen LogP contribution is 2.23. The second-order valence-corrected chi connectivity index (χ2v) is 10.3. The van der Waals surface area contributed by atoms with Crippen molar-refractivity contribution in [2.75, 3.05) is 30.5 Å². The van der Waals surface area contributed by atoms with E-state index in [9.17, 15) is 14.4 Å². The van der Waals surface area contributed by atoms with Crippen LogP contribution in [-0.4, -0.2) is 44.0 Å². The van der Waals surface area contributed by atoms with Gasteiger partial charge in [-0.05, 0) is 67.8 Å². The molecule has 0 bridgehead atoms. The van der Waals surface area contributed by atoms with Crippen LogP contribution >= 0.6 is 0 Å². The number of benzene rings is 4. The highest BCUT2D eigenvalue weighted by molar-refractivity contribution is 6.12. The fourth-order valence-corrected chi connectivity index (χ4v) is 4.89. The minimum Gasteiger partial charge on any atom is -0.494 e. The van der Waals surface area contributed by atoms with Crippen LogP contribution in [0.2, 0.25) is 0 Å². The SMILES string of the molecule is CC=CC(=O)N(CCCOc1ccc(C[C@H](Nc2ccccc2C(=O)c2ccccc2)C(=O)OC)cc1)c1ccccc1C. The van der Waals surface area contributed by atoms with Gasteiger partial charge in [-0.2, -0.15) is 0 Å². The van der Waals surface area contributed by atoms with Crippen molar-refractivity contribution in [3.8, 4) is 5.75 Å². The van der Waals surface area contributed by atoms with Gasteiger partial charge in [0.15, 0.2) is 5.78 Å². The van der Waals surface area contributed by atoms with Crippen molar-refractivity contribution in [1.82, 2.24) is 0 Å². The zero-order chi connectivity index (χ0) is 31.3. The van der Waals surface area contributed by atoms with E-state index in [0.29, 0.717) is 48.6 Å². The van der Waals surface area contributed by atoms with E-state index in [4.69, 9.17) is 9.47 Å². The Morgan fingerprint density at radius 1 is 0.864 bits per heavy atom. The van der Waals surface area contributed by atoms with Crippen LogP contribution in [0.3, 0.4) is 0 Å². The standard InChI is InChI=1S/C37H38N2O5/c1-4-13-35(40)39(34-19-11-8-14-27(34)2)24-12-25-44-30-22-20-28(21-23-30)26-33(37(42)43-3)38-32-18-10-9-17-31(32)36(41)29-15-6-5-7-16-29/h4-11,13-23,33,38H,12,24-26H2,1-3H3/t33-/m0/s1. The maximum atomic E-state index is 13.2. The van der Waals surface area contributed by atoms with E-state index < -0.39 is 12.0 Å². The number of ketones is 1. The van der Waals surface area contributed by atoms with Gasteiger partial charge in [-0.15, -0.1) is 0 Å². The number of hydrogen-bond donors (Lipinski definition) is 1. The number of nitrogens with zero attached hydrogens (tertiary/aromatic N) is 1. The summed E-state index contributed by atoms with van der Waals surface area (Å²) < 4.78 is 11.0. The van der Waals surface area contributed by atoms with Crippen LogP contribution < -0.4 is 15.0 Å². The summed E-state index contributed by atoms with van der Waals surface area (Å²) in [5.74, 6) is 0.0642. The lowest BCUT2D eigenvalue weighted by Crippen LogP contribution is -2.33. The third-order valence-corrected chi connectivity index (χ3v) is 7.16. The lowest BCUT2D eigenvalue weighted by molar-refractivity contribution is -0.141. The van der Waals surface area contributed by atoms with Crippen LogP contribution in [0.5, 0.6) is 5.75 Å². The summed E-state index contributed by atoms with van der Waals surface area (Å²) in [5.41, 5.74) is 4.43. The number of aryl methyl sites for hydroxylation is 1. The number of amides is 1. The number of allylic oxidation sites excluding steroid dienone is 1. The van der Waals surface area contributed by atoms with Gasteiger partial charge in [0.2, 0.25) is 0 Å². The Kier molecular flexibility index (Phi) is 11.5. The number of ether oxygens (including phenoxy) is 2. The van der Waals surface area contributed by atoms with Gasteiger partial charge in [0.25, 0.3) is 5.91 Å². The van der Waals surface area contributed by atoms with Gasteiger partial charge < -0.3 is 19.7 Å². The molecule has 0 spiro atoms. The summed E-state index contributed by atoms with van der Waals surface area (Å²) in [4.78, 5) is 40.4. The third-order valence-electron chi connectivity index (χ3n) is 7.16. The summed E-state index contributed by atoms with van der Waals surface area (Å²) in [7, 11) is 1.35. The molecule has 0 aromatic heterocycles. The van der Waals surface area contributed by atoms with Gasteiger partial charge >= 0.3 is 5.97 Å². The Hall–Kier alpha value is -5.17. The molecule has 0 aliphatic heterocycles. The monoisotopic (exact) mass is 590 g/mol. The Balaban J connectivity index is 1.37. The highest BCUT2D eigenvalue weighted by Gasteiger charge is 2.23. The Morgan fingerprint density at radius 2 is 1.55 bits per heavy atom. The molecule has 1 amide bonds. The molecule has 0 unspecified atom stereocenters. The first-order valence-electron chi connectivity index (χ1n) is 14.7. The molecule has 0 radical (unpaired) electrons. The largest absolute Gasteiger partial charge is 0.494 e. The van der Waals surface area contributed by atoms with Crippen LogP contribution in [-0.2, 0) is 20.7 Å². The summed E-state index contributed by atoms with van der Waals surface area (Å²) in [5, 5.41) is 3.24. The molecule has 7 nitrogen and oxygen atoms in total. The average Bonchev–Trinajstić information content (AvgIpc) is 3.05. The Morgan fingerprint density at radius 3 is 2.25 bits per heavy atom. The maximum absolute atomic E-state index is 13.2. The molecule has 0 aliphatic rings. The van der Waals surface area contributed by atoms with Gasteiger partial charge in [0.05, 0.1) is 13.7 Å². The molecule has 0 aliphatic carbocycles. The number of carbonyl (C=O) groups excluding carboxylic acids is 3. The van der Waals surface area contributed by atoms with Crippen LogP contribution in [0.1, 0.15) is 40.4 Å². The van der Waals surface area contributed by atoms with Crippen molar-refractivity contribution in [3.63, 3.8) is 0 Å². The Bertz CT molecular complexity index is 1580. The molecule has 7 heteroatoms. The molecular weight excluding hydrogens is 552 g/mol. The van der Waals surface area contributed by atoms with Gasteiger partial charge in [-0.1, -0.05) is 78.9 Å². The van der Waals surface area contributed by atoms with Crippen molar-refractivity contribution in [3.05, 3.63) is 138 Å². The molecule has 4 aromatic rings. The molecule has 226 valence electrons. The predicted octanol–water partition coefficient (Wildman–Crippen LogP) is 6.80. The molecule has 4 rings (SSSR count). The predicted molar refractivity (Wildman–Crippen MR) is 174 cm³/mol. The first kappa shape index (κ1) is 31.8. The number of carbonyl (C=O) groups is 3.